The van der Waals surface area contributed by atoms with Gasteiger partial charge in [0.1, 0.15) is 0 Å². The molecular formula is C15H20ClN5. The second-order valence-corrected chi connectivity index (χ2v) is 5.30. The molecule has 112 valence electrons. The van der Waals surface area contributed by atoms with Gasteiger partial charge in [-0.15, -0.1) is 5.10 Å². The number of aryl methyl sites for hydroxylation is 1. The van der Waals surface area contributed by atoms with Gasteiger partial charge in [0, 0.05) is 17.3 Å². The van der Waals surface area contributed by atoms with Crippen LogP contribution in [-0.4, -0.2) is 21.7 Å². The first kappa shape index (κ1) is 15.5. The van der Waals surface area contributed by atoms with Crippen LogP contribution in [-0.2, 0) is 0 Å². The second kappa shape index (κ2) is 7.78. The average molecular weight is 306 g/mol. The number of nitrogens with one attached hydrogen (secondary N) is 2. The monoisotopic (exact) mass is 305 g/mol. The van der Waals surface area contributed by atoms with Gasteiger partial charge in [-0.05, 0) is 31.0 Å². The van der Waals surface area contributed by atoms with E-state index in [1.165, 1.54) is 12.8 Å². The Morgan fingerprint density at radius 2 is 2.10 bits per heavy atom. The van der Waals surface area contributed by atoms with Crippen molar-refractivity contribution in [2.75, 3.05) is 17.2 Å². The topological polar surface area (TPSA) is 62.7 Å². The molecule has 0 radical (unpaired) electrons. The molecule has 0 spiro atoms. The molecule has 1 heterocycles. The molecule has 0 amide bonds. The summed E-state index contributed by atoms with van der Waals surface area (Å²) >= 11 is 6.11. The summed E-state index contributed by atoms with van der Waals surface area (Å²) in [7, 11) is 0. The summed E-state index contributed by atoms with van der Waals surface area (Å²) in [6.07, 6.45) is 5.08. The molecule has 0 aliphatic carbocycles. The lowest BCUT2D eigenvalue weighted by Crippen LogP contribution is -2.07. The molecule has 2 aromatic rings. The Kier molecular flexibility index (Phi) is 5.75. The third-order valence-electron chi connectivity index (χ3n) is 3.07. The molecule has 1 aromatic heterocycles. The normalized spacial score (nSPS) is 10.4. The molecule has 2 rings (SSSR count). The summed E-state index contributed by atoms with van der Waals surface area (Å²) in [6.45, 7) is 5.00. The molecule has 0 unspecified atom stereocenters. The molecule has 0 saturated carbocycles. The van der Waals surface area contributed by atoms with E-state index in [0.717, 1.165) is 29.2 Å². The van der Waals surface area contributed by atoms with E-state index in [-0.39, 0.29) is 0 Å². The van der Waals surface area contributed by atoms with E-state index in [1.54, 1.807) is 6.20 Å². The maximum atomic E-state index is 6.11. The summed E-state index contributed by atoms with van der Waals surface area (Å²) in [4.78, 5) is 4.38. The predicted octanol–water partition coefficient (Wildman–Crippen LogP) is 4.18. The average Bonchev–Trinajstić information content (AvgIpc) is 2.48. The van der Waals surface area contributed by atoms with E-state index in [2.05, 4.69) is 32.7 Å². The minimum atomic E-state index is 0.536. The third kappa shape index (κ3) is 4.86. The Balaban J connectivity index is 1.98. The van der Waals surface area contributed by atoms with Gasteiger partial charge in [0.25, 0.3) is 0 Å². The van der Waals surface area contributed by atoms with Gasteiger partial charge in [-0.3, -0.25) is 0 Å². The number of benzene rings is 1. The fourth-order valence-electron chi connectivity index (χ4n) is 1.83. The van der Waals surface area contributed by atoms with Gasteiger partial charge in [-0.1, -0.05) is 37.4 Å². The van der Waals surface area contributed by atoms with E-state index >= 15 is 0 Å². The third-order valence-corrected chi connectivity index (χ3v) is 3.47. The van der Waals surface area contributed by atoms with Crippen molar-refractivity contribution in [3.63, 3.8) is 0 Å². The number of anilines is 3. The molecule has 0 saturated heterocycles. The summed E-state index contributed by atoms with van der Waals surface area (Å²) in [6, 6.07) is 5.79. The lowest BCUT2D eigenvalue weighted by Gasteiger charge is -2.08. The highest BCUT2D eigenvalue weighted by atomic mass is 35.5. The van der Waals surface area contributed by atoms with Crippen molar-refractivity contribution in [3.05, 3.63) is 35.0 Å². The zero-order chi connectivity index (χ0) is 15.1. The Morgan fingerprint density at radius 1 is 1.24 bits per heavy atom. The highest BCUT2D eigenvalue weighted by molar-refractivity contribution is 6.31. The Labute approximate surface area is 130 Å². The molecule has 1 aromatic carbocycles. The lowest BCUT2D eigenvalue weighted by molar-refractivity contribution is 0.738. The van der Waals surface area contributed by atoms with Crippen molar-refractivity contribution in [2.24, 2.45) is 0 Å². The van der Waals surface area contributed by atoms with Crippen LogP contribution >= 0.6 is 11.6 Å². The number of hydrogen-bond donors (Lipinski definition) is 2. The maximum absolute atomic E-state index is 6.11. The molecule has 5 nitrogen and oxygen atoms in total. The molecule has 0 aliphatic rings. The molecular weight excluding hydrogens is 286 g/mol. The van der Waals surface area contributed by atoms with E-state index in [4.69, 9.17) is 11.6 Å². The fraction of sp³-hybridized carbons (Fsp3) is 0.400. The van der Waals surface area contributed by atoms with Gasteiger partial charge in [0.05, 0.1) is 6.20 Å². The van der Waals surface area contributed by atoms with Crippen molar-refractivity contribution < 1.29 is 0 Å². The fourth-order valence-corrected chi connectivity index (χ4v) is 2.01. The molecule has 6 heteroatoms. The van der Waals surface area contributed by atoms with Gasteiger partial charge in [-0.25, -0.2) is 0 Å². The summed E-state index contributed by atoms with van der Waals surface area (Å²) in [5.74, 6) is 1.18. The van der Waals surface area contributed by atoms with E-state index in [0.29, 0.717) is 11.8 Å². The molecule has 0 aliphatic heterocycles. The van der Waals surface area contributed by atoms with Gasteiger partial charge in [-0.2, -0.15) is 10.1 Å². The number of nitrogens with zero attached hydrogens (tertiary/aromatic N) is 3. The molecule has 21 heavy (non-hydrogen) atoms. The number of halogens is 1. The van der Waals surface area contributed by atoms with Crippen LogP contribution < -0.4 is 10.6 Å². The summed E-state index contributed by atoms with van der Waals surface area (Å²) in [5.41, 5.74) is 1.92. The van der Waals surface area contributed by atoms with E-state index in [9.17, 15) is 0 Å². The molecule has 0 fully saturated rings. The quantitative estimate of drug-likeness (QED) is 0.751. The Hall–Kier alpha value is -1.88. The van der Waals surface area contributed by atoms with Crippen LogP contribution in [0.15, 0.2) is 24.4 Å². The largest absolute Gasteiger partial charge is 0.353 e. The highest BCUT2D eigenvalue weighted by Crippen LogP contribution is 2.22. The van der Waals surface area contributed by atoms with Gasteiger partial charge >= 0.3 is 0 Å². The summed E-state index contributed by atoms with van der Waals surface area (Å²) < 4.78 is 0. The van der Waals surface area contributed by atoms with Gasteiger partial charge in [0.15, 0.2) is 5.82 Å². The number of aromatic nitrogens is 3. The minimum Gasteiger partial charge on any atom is -0.353 e. The minimum absolute atomic E-state index is 0.536. The van der Waals surface area contributed by atoms with Crippen LogP contribution in [0.25, 0.3) is 0 Å². The van der Waals surface area contributed by atoms with Gasteiger partial charge in [0.2, 0.25) is 5.95 Å². The van der Waals surface area contributed by atoms with Crippen molar-refractivity contribution in [3.8, 4) is 0 Å². The van der Waals surface area contributed by atoms with Crippen molar-refractivity contribution in [1.29, 1.82) is 0 Å². The van der Waals surface area contributed by atoms with Crippen molar-refractivity contribution in [1.82, 2.24) is 15.2 Å². The first-order valence-corrected chi connectivity index (χ1v) is 7.53. The van der Waals surface area contributed by atoms with Crippen molar-refractivity contribution >= 4 is 29.1 Å². The predicted molar refractivity (Wildman–Crippen MR) is 87.3 cm³/mol. The smallest absolute Gasteiger partial charge is 0.244 e. The number of hydrogen-bond acceptors (Lipinski definition) is 5. The van der Waals surface area contributed by atoms with Crippen molar-refractivity contribution in [2.45, 2.75) is 33.1 Å². The lowest BCUT2D eigenvalue weighted by atomic mass is 10.2. The standard InChI is InChI=1S/C15H20ClN5/c1-3-4-5-8-17-15-20-14(10-18-21-15)19-12-7-6-11(2)13(16)9-12/h6-7,9-10H,3-5,8H2,1-2H3,(H2,17,19,20,21). The van der Waals surface area contributed by atoms with Gasteiger partial charge < -0.3 is 10.6 Å². The number of unbranched alkanes of at least 4 members (excludes halogenated alkanes) is 2. The second-order valence-electron chi connectivity index (χ2n) is 4.89. The van der Waals surface area contributed by atoms with Crippen LogP contribution in [0.3, 0.4) is 0 Å². The molecule has 0 bridgehead atoms. The Bertz CT molecular complexity index is 588. The van der Waals surface area contributed by atoms with Crippen LogP contribution in [0.5, 0.6) is 0 Å². The van der Waals surface area contributed by atoms with E-state index in [1.807, 2.05) is 25.1 Å². The molecule has 0 atom stereocenters. The highest BCUT2D eigenvalue weighted by Gasteiger charge is 2.02. The van der Waals surface area contributed by atoms with Crippen LogP contribution in [0, 0.1) is 6.92 Å². The van der Waals surface area contributed by atoms with Crippen LogP contribution in [0.1, 0.15) is 31.7 Å². The SMILES string of the molecule is CCCCCNc1nncc(Nc2ccc(C)c(Cl)c2)n1. The first-order valence-electron chi connectivity index (χ1n) is 7.16. The Morgan fingerprint density at radius 3 is 2.86 bits per heavy atom. The van der Waals surface area contributed by atoms with E-state index < -0.39 is 0 Å². The number of rotatable bonds is 7. The van der Waals surface area contributed by atoms with Crippen LogP contribution in [0.4, 0.5) is 17.5 Å². The maximum Gasteiger partial charge on any atom is 0.244 e. The van der Waals surface area contributed by atoms with Crippen LogP contribution in [0.2, 0.25) is 5.02 Å². The zero-order valence-electron chi connectivity index (χ0n) is 12.4. The summed E-state index contributed by atoms with van der Waals surface area (Å²) in [5, 5.41) is 15.0. The zero-order valence-corrected chi connectivity index (χ0v) is 13.1. The molecule has 2 N–H and O–H groups in total. The first-order chi connectivity index (χ1) is 10.2.